The molecule has 1 fully saturated rings. The summed E-state index contributed by atoms with van der Waals surface area (Å²) in [4.78, 5) is 2.09. The van der Waals surface area contributed by atoms with Gasteiger partial charge in [-0.15, -0.1) is 10.3 Å². The molecule has 3 rings (SSSR count). The predicted molar refractivity (Wildman–Crippen MR) is 131 cm³/mol. The van der Waals surface area contributed by atoms with Gasteiger partial charge in [-0.05, 0) is 64.8 Å². The van der Waals surface area contributed by atoms with Crippen molar-refractivity contribution in [3.05, 3.63) is 60.7 Å². The van der Waals surface area contributed by atoms with Gasteiger partial charge in [0.05, 0.1) is 0 Å². The highest BCUT2D eigenvalue weighted by atomic mass is 16.5. The number of hydrogen-bond acceptors (Lipinski definition) is 6. The summed E-state index contributed by atoms with van der Waals surface area (Å²) in [5.41, 5.74) is -1.11. The summed E-state index contributed by atoms with van der Waals surface area (Å²) < 4.78 is 11.5. The largest absolute Gasteiger partial charge is 0.491 e. The summed E-state index contributed by atoms with van der Waals surface area (Å²) in [6.07, 6.45) is -0.227. The first-order valence-electron chi connectivity index (χ1n) is 12.0. The van der Waals surface area contributed by atoms with Crippen LogP contribution in [0.2, 0.25) is 0 Å². The van der Waals surface area contributed by atoms with Crippen LogP contribution in [0.15, 0.2) is 60.7 Å². The van der Waals surface area contributed by atoms with Crippen molar-refractivity contribution in [2.24, 2.45) is 0 Å². The van der Waals surface area contributed by atoms with E-state index in [1.807, 2.05) is 88.4 Å². The van der Waals surface area contributed by atoms with Crippen LogP contribution in [0.5, 0.6) is 11.5 Å². The van der Waals surface area contributed by atoms with Crippen molar-refractivity contribution < 1.29 is 24.9 Å². The minimum absolute atomic E-state index is 0.0213. The highest BCUT2D eigenvalue weighted by Crippen LogP contribution is 2.39. The van der Waals surface area contributed by atoms with Gasteiger partial charge in [0.1, 0.15) is 36.9 Å². The minimum atomic E-state index is -0.751. The molecule has 7 nitrogen and oxygen atoms in total. The average Bonchev–Trinajstić information content (AvgIpc) is 2.80. The molecule has 34 heavy (non-hydrogen) atoms. The molecular formula is C27H39N2O5. The van der Waals surface area contributed by atoms with E-state index in [9.17, 15) is 15.4 Å². The third kappa shape index (κ3) is 7.42. The van der Waals surface area contributed by atoms with E-state index in [4.69, 9.17) is 9.47 Å². The van der Waals surface area contributed by atoms with Gasteiger partial charge in [-0.3, -0.25) is 4.90 Å². The highest BCUT2D eigenvalue weighted by molar-refractivity contribution is 5.21. The van der Waals surface area contributed by atoms with E-state index in [1.54, 1.807) is 0 Å². The van der Waals surface area contributed by atoms with Gasteiger partial charge < -0.3 is 19.7 Å². The van der Waals surface area contributed by atoms with Gasteiger partial charge in [-0.1, -0.05) is 36.4 Å². The van der Waals surface area contributed by atoms with E-state index >= 15 is 0 Å². The summed E-state index contributed by atoms with van der Waals surface area (Å²) in [7, 11) is 0. The first kappa shape index (κ1) is 26.4. The number of benzene rings is 2. The van der Waals surface area contributed by atoms with Gasteiger partial charge >= 0.3 is 0 Å². The first-order chi connectivity index (χ1) is 16.1. The Labute approximate surface area is 203 Å². The van der Waals surface area contributed by atoms with E-state index in [0.29, 0.717) is 37.4 Å². The van der Waals surface area contributed by atoms with Crippen molar-refractivity contribution in [2.45, 2.75) is 69.9 Å². The van der Waals surface area contributed by atoms with E-state index in [2.05, 4.69) is 4.90 Å². The molecule has 1 heterocycles. The lowest BCUT2D eigenvalue weighted by Gasteiger charge is -2.52. The van der Waals surface area contributed by atoms with E-state index in [1.165, 1.54) is 5.06 Å². The van der Waals surface area contributed by atoms with Crippen LogP contribution < -0.4 is 9.47 Å². The topological polar surface area (TPSA) is 85.3 Å². The average molecular weight is 472 g/mol. The fraction of sp³-hybridized carbons (Fsp3) is 0.556. The third-order valence-electron chi connectivity index (χ3n) is 6.35. The van der Waals surface area contributed by atoms with E-state index in [-0.39, 0.29) is 19.3 Å². The number of rotatable bonds is 11. The van der Waals surface area contributed by atoms with Crippen LogP contribution >= 0.6 is 0 Å². The molecule has 0 bridgehead atoms. The SMILES string of the molecule is CC1(C)CC(N(CC(O)COc2ccccc2)CC(O)COc2ccccc2)CC(C)(C)N1[O]. The lowest BCUT2D eigenvalue weighted by Crippen LogP contribution is -2.63. The Balaban J connectivity index is 1.67. The van der Waals surface area contributed by atoms with Crippen molar-refractivity contribution in [1.29, 1.82) is 0 Å². The van der Waals surface area contributed by atoms with Crippen LogP contribution in [0.4, 0.5) is 0 Å². The molecule has 0 saturated carbocycles. The van der Waals surface area contributed by atoms with Crippen LogP contribution in [-0.2, 0) is 5.21 Å². The predicted octanol–water partition coefficient (Wildman–Crippen LogP) is 3.54. The maximum absolute atomic E-state index is 12.9. The molecule has 1 radical (unpaired) electrons. The Kier molecular flexibility index (Phi) is 8.95. The number of aliphatic hydroxyl groups excluding tert-OH is 2. The van der Waals surface area contributed by atoms with Crippen LogP contribution in [0.25, 0.3) is 0 Å². The van der Waals surface area contributed by atoms with Gasteiger partial charge in [0, 0.05) is 30.2 Å². The standard InChI is InChI=1S/C27H39N2O5/c1-26(2)15-21(16-27(3,4)29(26)32)28(17-22(30)19-33-24-11-7-5-8-12-24)18-23(31)20-34-25-13-9-6-10-14-25/h5-14,21-23,30-31H,15-20H2,1-4H3. The number of hydroxylamine groups is 2. The molecule has 2 aromatic carbocycles. The molecule has 1 saturated heterocycles. The molecule has 2 unspecified atom stereocenters. The molecule has 0 aromatic heterocycles. The lowest BCUT2D eigenvalue weighted by molar-refractivity contribution is -0.295. The molecule has 2 atom stereocenters. The Morgan fingerprint density at radius 1 is 0.824 bits per heavy atom. The van der Waals surface area contributed by atoms with Crippen molar-refractivity contribution in [3.63, 3.8) is 0 Å². The monoisotopic (exact) mass is 471 g/mol. The van der Waals surface area contributed by atoms with Gasteiger partial charge in [0.15, 0.2) is 0 Å². The quantitative estimate of drug-likeness (QED) is 0.522. The normalized spacial score (nSPS) is 20.1. The fourth-order valence-electron chi connectivity index (χ4n) is 4.91. The Hall–Kier alpha value is -2.16. The van der Waals surface area contributed by atoms with Crippen LogP contribution in [0.1, 0.15) is 40.5 Å². The molecular weight excluding hydrogens is 432 g/mol. The molecule has 0 amide bonds. The molecule has 0 spiro atoms. The molecule has 1 aliphatic rings. The number of aliphatic hydroxyl groups is 2. The van der Waals surface area contributed by atoms with Crippen LogP contribution in [0, 0.1) is 0 Å². The molecule has 187 valence electrons. The number of ether oxygens (including phenoxy) is 2. The van der Waals surface area contributed by atoms with Gasteiger partial charge in [-0.25, -0.2) is 0 Å². The van der Waals surface area contributed by atoms with E-state index < -0.39 is 23.3 Å². The number of nitrogens with zero attached hydrogens (tertiary/aromatic N) is 2. The maximum Gasteiger partial charge on any atom is 0.119 e. The molecule has 0 aliphatic carbocycles. The Bertz CT molecular complexity index is 792. The zero-order valence-corrected chi connectivity index (χ0v) is 20.8. The summed E-state index contributed by atoms with van der Waals surface area (Å²) in [5.74, 6) is 1.40. The van der Waals surface area contributed by atoms with E-state index in [0.717, 1.165) is 0 Å². The fourth-order valence-corrected chi connectivity index (χ4v) is 4.91. The molecule has 7 heteroatoms. The van der Waals surface area contributed by atoms with Crippen molar-refractivity contribution in [2.75, 3.05) is 26.3 Å². The van der Waals surface area contributed by atoms with Crippen molar-refractivity contribution >= 4 is 0 Å². The summed E-state index contributed by atoms with van der Waals surface area (Å²) in [6.45, 7) is 8.75. The van der Waals surface area contributed by atoms with Crippen molar-refractivity contribution in [1.82, 2.24) is 9.96 Å². The number of para-hydroxylation sites is 2. The smallest absolute Gasteiger partial charge is 0.119 e. The van der Waals surface area contributed by atoms with Crippen LogP contribution in [-0.4, -0.2) is 75.8 Å². The Morgan fingerprint density at radius 3 is 1.59 bits per heavy atom. The van der Waals surface area contributed by atoms with Gasteiger partial charge in [0.25, 0.3) is 0 Å². The molecule has 1 aliphatic heterocycles. The van der Waals surface area contributed by atoms with Gasteiger partial charge in [-0.2, -0.15) is 0 Å². The minimum Gasteiger partial charge on any atom is -0.491 e. The number of piperidine rings is 1. The van der Waals surface area contributed by atoms with Gasteiger partial charge in [0.2, 0.25) is 0 Å². The first-order valence-corrected chi connectivity index (χ1v) is 12.0. The second-order valence-electron chi connectivity index (χ2n) is 10.5. The Morgan fingerprint density at radius 2 is 1.21 bits per heavy atom. The van der Waals surface area contributed by atoms with Crippen LogP contribution in [0.3, 0.4) is 0 Å². The maximum atomic E-state index is 12.9. The lowest BCUT2D eigenvalue weighted by atomic mass is 9.78. The van der Waals surface area contributed by atoms with Crippen molar-refractivity contribution in [3.8, 4) is 11.5 Å². The second kappa shape index (κ2) is 11.5. The summed E-state index contributed by atoms with van der Waals surface area (Å²) in [6, 6.07) is 18.8. The highest BCUT2D eigenvalue weighted by Gasteiger charge is 2.47. The molecule has 2 aromatic rings. The number of hydrogen-bond donors (Lipinski definition) is 2. The third-order valence-corrected chi connectivity index (χ3v) is 6.35. The zero-order valence-electron chi connectivity index (χ0n) is 20.8. The molecule has 2 N–H and O–H groups in total. The summed E-state index contributed by atoms with van der Waals surface area (Å²) in [5, 5.41) is 35.6. The zero-order chi connectivity index (χ0) is 24.8. The summed E-state index contributed by atoms with van der Waals surface area (Å²) >= 11 is 0. The second-order valence-corrected chi connectivity index (χ2v) is 10.5.